The number of rotatable bonds is 10. The Morgan fingerprint density at radius 1 is 0.700 bits per heavy atom. The van der Waals surface area contributed by atoms with Gasteiger partial charge in [0.1, 0.15) is 6.10 Å². The summed E-state index contributed by atoms with van der Waals surface area (Å²) < 4.78 is 20.6. The highest BCUT2D eigenvalue weighted by molar-refractivity contribution is 7.00. The topological polar surface area (TPSA) is 65.0 Å². The number of hydrogen-bond acceptors (Lipinski definition) is 5. The van der Waals surface area contributed by atoms with Crippen molar-refractivity contribution >= 4 is 43.4 Å². The maximum absolute atomic E-state index is 13.1. The lowest BCUT2D eigenvalue weighted by Gasteiger charge is -2.51. The van der Waals surface area contributed by atoms with E-state index in [4.69, 9.17) is 13.6 Å². The molecule has 0 radical (unpaired) electrons. The minimum atomic E-state index is -3.17. The minimum absolute atomic E-state index is 0.252. The Kier molecular flexibility index (Phi) is 11.3. The van der Waals surface area contributed by atoms with E-state index in [9.17, 15) is 9.90 Å². The fraction of sp³-hybridized carbons (Fsp3) is 0.326. The van der Waals surface area contributed by atoms with Gasteiger partial charge in [0, 0.05) is 12.5 Å². The van der Waals surface area contributed by atoms with Gasteiger partial charge in [0.25, 0.3) is 16.6 Å². The van der Waals surface area contributed by atoms with Crippen molar-refractivity contribution in [2.24, 2.45) is 0 Å². The molecule has 1 fully saturated rings. The SMILES string of the molecule is C=C1C(=CC(=O)OCC)CC(O[Si](c2ccccc2)(c2ccccc2)C(C)(C)C)C(O)C1O[Si](c1ccccc1)(c1ccccc1)C(C)(C)C. The predicted molar refractivity (Wildman–Crippen MR) is 209 cm³/mol. The van der Waals surface area contributed by atoms with Crippen LogP contribution in [0, 0.1) is 0 Å². The van der Waals surface area contributed by atoms with E-state index in [1.165, 1.54) is 6.08 Å². The standard InChI is InChI=1S/C43H52O5Si2/c1-9-46-39(44)31-33-30-38(47-49(42(3,4)5,34-22-14-10-15-23-34)35-24-16-11-17-25-35)40(45)41(32(33)2)48-50(43(6,7)8,36-26-18-12-19-27-36)37-28-20-13-21-29-37/h10-29,31,38,40-41,45H,2,9,30H2,1,3-8H3. The molecule has 0 amide bonds. The molecule has 50 heavy (non-hydrogen) atoms. The Labute approximate surface area is 300 Å². The maximum atomic E-state index is 13.1. The molecule has 0 heterocycles. The molecule has 0 aliphatic heterocycles. The molecule has 4 aromatic carbocycles. The molecule has 3 unspecified atom stereocenters. The lowest BCUT2D eigenvalue weighted by atomic mass is 9.84. The van der Waals surface area contributed by atoms with Crippen molar-refractivity contribution in [3.8, 4) is 0 Å². The minimum Gasteiger partial charge on any atom is -0.463 e. The van der Waals surface area contributed by atoms with Gasteiger partial charge in [-0.1, -0.05) is 169 Å². The molecule has 1 saturated carbocycles. The summed E-state index contributed by atoms with van der Waals surface area (Å²) in [4.78, 5) is 13.1. The highest BCUT2D eigenvalue weighted by Gasteiger charge is 2.57. The zero-order valence-electron chi connectivity index (χ0n) is 30.6. The van der Waals surface area contributed by atoms with Gasteiger partial charge in [-0.2, -0.15) is 0 Å². The number of carbonyl (C=O) groups excluding carboxylic acids is 1. The summed E-state index contributed by atoms with van der Waals surface area (Å²) in [5, 5.41) is 16.4. The van der Waals surface area contributed by atoms with Gasteiger partial charge in [-0.15, -0.1) is 0 Å². The van der Waals surface area contributed by atoms with Gasteiger partial charge in [0.15, 0.2) is 0 Å². The molecule has 1 aliphatic rings. The molecule has 1 aliphatic carbocycles. The van der Waals surface area contributed by atoms with Crippen LogP contribution in [0.2, 0.25) is 10.1 Å². The fourth-order valence-electron chi connectivity index (χ4n) is 7.58. The van der Waals surface area contributed by atoms with Crippen molar-refractivity contribution in [2.45, 2.75) is 83.3 Å². The summed E-state index contributed by atoms with van der Waals surface area (Å²) in [5.41, 5.74) is 1.24. The number of carbonyl (C=O) groups is 1. The summed E-state index contributed by atoms with van der Waals surface area (Å²) in [6.45, 7) is 19.8. The number of benzene rings is 4. The monoisotopic (exact) mass is 704 g/mol. The zero-order chi connectivity index (χ0) is 36.2. The van der Waals surface area contributed by atoms with Crippen LogP contribution in [0.1, 0.15) is 54.9 Å². The Balaban J connectivity index is 1.72. The summed E-state index contributed by atoms with van der Waals surface area (Å²) in [5.74, 6) is -0.451. The Morgan fingerprint density at radius 2 is 1.06 bits per heavy atom. The van der Waals surface area contributed by atoms with Crippen LogP contribution in [0.5, 0.6) is 0 Å². The van der Waals surface area contributed by atoms with Gasteiger partial charge in [0.05, 0.1) is 18.8 Å². The second-order valence-electron chi connectivity index (χ2n) is 15.2. The molecule has 5 rings (SSSR count). The predicted octanol–water partition coefficient (Wildman–Crippen LogP) is 6.69. The Hall–Kier alpha value is -3.86. The van der Waals surface area contributed by atoms with Gasteiger partial charge in [-0.3, -0.25) is 0 Å². The van der Waals surface area contributed by atoms with Crippen LogP contribution in [-0.2, 0) is 18.4 Å². The average Bonchev–Trinajstić information content (AvgIpc) is 3.09. The van der Waals surface area contributed by atoms with E-state index in [-0.39, 0.29) is 23.1 Å². The first kappa shape index (κ1) is 37.4. The lowest BCUT2D eigenvalue weighted by molar-refractivity contribution is -0.137. The highest BCUT2D eigenvalue weighted by Crippen LogP contribution is 2.44. The van der Waals surface area contributed by atoms with E-state index in [2.05, 4.69) is 121 Å². The second-order valence-corrected chi connectivity index (χ2v) is 23.7. The lowest BCUT2D eigenvalue weighted by Crippen LogP contribution is -2.71. The van der Waals surface area contributed by atoms with Crippen molar-refractivity contribution in [1.29, 1.82) is 0 Å². The van der Waals surface area contributed by atoms with Crippen molar-refractivity contribution in [2.75, 3.05) is 6.61 Å². The van der Waals surface area contributed by atoms with Crippen molar-refractivity contribution in [3.05, 3.63) is 145 Å². The first-order valence-corrected chi connectivity index (χ1v) is 21.4. The summed E-state index contributed by atoms with van der Waals surface area (Å²) in [6.07, 6.45) is -0.856. The largest absolute Gasteiger partial charge is 0.463 e. The van der Waals surface area contributed by atoms with Gasteiger partial charge < -0.3 is 18.7 Å². The first-order valence-electron chi connectivity index (χ1n) is 17.6. The van der Waals surface area contributed by atoms with E-state index < -0.39 is 40.9 Å². The van der Waals surface area contributed by atoms with E-state index >= 15 is 0 Å². The molecule has 7 heteroatoms. The molecule has 3 atom stereocenters. The summed E-state index contributed by atoms with van der Waals surface area (Å²) in [6, 6.07) is 41.5. The Morgan fingerprint density at radius 3 is 1.40 bits per heavy atom. The Bertz CT molecular complexity index is 1680. The van der Waals surface area contributed by atoms with Crippen molar-refractivity contribution in [1.82, 2.24) is 0 Å². The van der Waals surface area contributed by atoms with Gasteiger partial charge >= 0.3 is 5.97 Å². The molecular formula is C43H52O5Si2. The van der Waals surface area contributed by atoms with Crippen LogP contribution >= 0.6 is 0 Å². The number of aliphatic hydroxyl groups is 1. The van der Waals surface area contributed by atoms with E-state index in [0.29, 0.717) is 11.1 Å². The van der Waals surface area contributed by atoms with Crippen LogP contribution in [0.3, 0.4) is 0 Å². The van der Waals surface area contributed by atoms with Gasteiger partial charge in [-0.05, 0) is 48.9 Å². The van der Waals surface area contributed by atoms with Crippen LogP contribution in [0.25, 0.3) is 0 Å². The number of aliphatic hydroxyl groups excluding tert-OH is 1. The third-order valence-electron chi connectivity index (χ3n) is 9.91. The molecule has 0 saturated heterocycles. The zero-order valence-corrected chi connectivity index (χ0v) is 32.6. The summed E-state index contributed by atoms with van der Waals surface area (Å²) in [7, 11) is -6.28. The van der Waals surface area contributed by atoms with Crippen LogP contribution in [0.15, 0.2) is 145 Å². The number of ether oxygens (including phenoxy) is 1. The fourth-order valence-corrected chi connectivity index (χ4v) is 17.0. The summed E-state index contributed by atoms with van der Waals surface area (Å²) >= 11 is 0. The molecule has 0 spiro atoms. The normalized spacial score (nSPS) is 19.7. The maximum Gasteiger partial charge on any atom is 0.331 e. The van der Waals surface area contributed by atoms with Gasteiger partial charge in [-0.25, -0.2) is 4.79 Å². The molecule has 0 bridgehead atoms. The molecule has 5 nitrogen and oxygen atoms in total. The molecule has 4 aromatic rings. The third kappa shape index (κ3) is 7.16. The van der Waals surface area contributed by atoms with Gasteiger partial charge in [0.2, 0.25) is 0 Å². The molecule has 262 valence electrons. The third-order valence-corrected chi connectivity index (χ3v) is 20.0. The smallest absolute Gasteiger partial charge is 0.331 e. The average molecular weight is 705 g/mol. The molecule has 0 aromatic heterocycles. The van der Waals surface area contributed by atoms with Crippen LogP contribution in [-0.4, -0.2) is 52.6 Å². The number of esters is 1. The van der Waals surface area contributed by atoms with E-state index in [0.717, 1.165) is 20.7 Å². The van der Waals surface area contributed by atoms with Crippen molar-refractivity contribution in [3.63, 3.8) is 0 Å². The van der Waals surface area contributed by atoms with E-state index in [1.54, 1.807) is 6.92 Å². The molecular weight excluding hydrogens is 653 g/mol. The molecule has 1 N–H and O–H groups in total. The quantitative estimate of drug-likeness (QED) is 0.113. The van der Waals surface area contributed by atoms with E-state index in [1.807, 2.05) is 48.5 Å². The van der Waals surface area contributed by atoms with Crippen LogP contribution < -0.4 is 20.7 Å². The number of hydrogen-bond donors (Lipinski definition) is 1. The first-order chi connectivity index (χ1) is 23.8. The second kappa shape index (κ2) is 15.2. The van der Waals surface area contributed by atoms with Crippen molar-refractivity contribution < 1.29 is 23.5 Å². The highest BCUT2D eigenvalue weighted by atomic mass is 28.4. The van der Waals surface area contributed by atoms with Crippen LogP contribution in [0.4, 0.5) is 0 Å².